The molecule has 0 aromatic heterocycles. The monoisotopic (exact) mass is 304 g/mol. The number of hydrogen-bond acceptors (Lipinski definition) is 2. The van der Waals surface area contributed by atoms with Crippen molar-refractivity contribution in [2.45, 2.75) is 0 Å². The van der Waals surface area contributed by atoms with E-state index in [-0.39, 0.29) is 11.3 Å². The van der Waals surface area contributed by atoms with Gasteiger partial charge in [0, 0.05) is 15.6 Å². The summed E-state index contributed by atoms with van der Waals surface area (Å²) in [7, 11) is 0. The Kier molecular flexibility index (Phi) is 3.58. The Morgan fingerprint density at radius 1 is 0.889 bits per heavy atom. The molecule has 0 saturated carbocycles. The average Bonchev–Trinajstić information content (AvgIpc) is 2.39. The summed E-state index contributed by atoms with van der Waals surface area (Å²) in [4.78, 5) is 23.0. The number of halogens is 1. The first-order valence-electron chi connectivity index (χ1n) is 5.21. The molecule has 0 radical (unpaired) electrons. The predicted octanol–water partition coefficient (Wildman–Crippen LogP) is 3.38. The molecule has 2 aromatic carbocycles. The summed E-state index contributed by atoms with van der Waals surface area (Å²) in [6.07, 6.45) is 0. The van der Waals surface area contributed by atoms with E-state index in [1.54, 1.807) is 36.4 Å². The van der Waals surface area contributed by atoms with Gasteiger partial charge in [0.2, 0.25) is 0 Å². The molecule has 0 bridgehead atoms. The van der Waals surface area contributed by atoms with Crippen molar-refractivity contribution < 1.29 is 14.7 Å². The first-order valence-corrected chi connectivity index (χ1v) is 6.01. The van der Waals surface area contributed by atoms with E-state index >= 15 is 0 Å². The van der Waals surface area contributed by atoms with Crippen LogP contribution < -0.4 is 0 Å². The summed E-state index contributed by atoms with van der Waals surface area (Å²) >= 11 is 3.29. The molecule has 4 heteroatoms. The number of carboxylic acids is 1. The van der Waals surface area contributed by atoms with E-state index in [2.05, 4.69) is 15.9 Å². The van der Waals surface area contributed by atoms with Crippen molar-refractivity contribution in [2.75, 3.05) is 0 Å². The van der Waals surface area contributed by atoms with Gasteiger partial charge in [0.15, 0.2) is 5.78 Å². The molecule has 0 amide bonds. The van der Waals surface area contributed by atoms with Crippen molar-refractivity contribution in [3.8, 4) is 0 Å². The van der Waals surface area contributed by atoms with Gasteiger partial charge in [-0.1, -0.05) is 28.1 Å². The van der Waals surface area contributed by atoms with Gasteiger partial charge < -0.3 is 5.11 Å². The first-order chi connectivity index (χ1) is 8.58. The molecule has 0 fully saturated rings. The summed E-state index contributed by atoms with van der Waals surface area (Å²) in [6.45, 7) is 0. The molecule has 2 rings (SSSR count). The van der Waals surface area contributed by atoms with Gasteiger partial charge in [-0.3, -0.25) is 4.79 Å². The van der Waals surface area contributed by atoms with Crippen molar-refractivity contribution in [1.82, 2.24) is 0 Å². The number of ketones is 1. The minimum atomic E-state index is -1.04. The SMILES string of the molecule is O=C(O)c1cccc(C(=O)c2ccc(Br)cc2)c1. The Morgan fingerprint density at radius 2 is 1.50 bits per heavy atom. The van der Waals surface area contributed by atoms with Crippen LogP contribution in [-0.4, -0.2) is 16.9 Å². The fraction of sp³-hybridized carbons (Fsp3) is 0. The van der Waals surface area contributed by atoms with Crippen LogP contribution in [0.3, 0.4) is 0 Å². The summed E-state index contributed by atoms with van der Waals surface area (Å²) in [5.74, 6) is -1.23. The van der Waals surface area contributed by atoms with Crippen molar-refractivity contribution in [2.24, 2.45) is 0 Å². The molecule has 0 aliphatic carbocycles. The second kappa shape index (κ2) is 5.14. The lowest BCUT2D eigenvalue weighted by Crippen LogP contribution is -2.04. The Balaban J connectivity index is 2.37. The van der Waals surface area contributed by atoms with Gasteiger partial charge in [-0.05, 0) is 36.4 Å². The van der Waals surface area contributed by atoms with Gasteiger partial charge in [0.05, 0.1) is 5.56 Å². The molecule has 18 heavy (non-hydrogen) atoms. The van der Waals surface area contributed by atoms with Crippen LogP contribution in [0.1, 0.15) is 26.3 Å². The van der Waals surface area contributed by atoms with Crippen LogP contribution in [0.5, 0.6) is 0 Å². The van der Waals surface area contributed by atoms with Gasteiger partial charge in [-0.25, -0.2) is 4.79 Å². The number of rotatable bonds is 3. The maximum Gasteiger partial charge on any atom is 0.335 e. The van der Waals surface area contributed by atoms with Crippen LogP contribution in [0.2, 0.25) is 0 Å². The van der Waals surface area contributed by atoms with Crippen LogP contribution in [0.4, 0.5) is 0 Å². The Morgan fingerprint density at radius 3 is 2.11 bits per heavy atom. The maximum atomic E-state index is 12.1. The third-order valence-corrected chi connectivity index (χ3v) is 3.01. The topological polar surface area (TPSA) is 54.4 Å². The lowest BCUT2D eigenvalue weighted by atomic mass is 10.0. The third-order valence-electron chi connectivity index (χ3n) is 2.48. The standard InChI is InChI=1S/C14H9BrO3/c15-12-6-4-9(5-7-12)13(16)10-2-1-3-11(8-10)14(17)18/h1-8H,(H,17,18). The van der Waals surface area contributed by atoms with E-state index < -0.39 is 5.97 Å². The van der Waals surface area contributed by atoms with Crippen molar-refractivity contribution in [3.05, 3.63) is 69.7 Å². The van der Waals surface area contributed by atoms with E-state index in [1.165, 1.54) is 12.1 Å². The highest BCUT2D eigenvalue weighted by Gasteiger charge is 2.11. The second-order valence-electron chi connectivity index (χ2n) is 3.72. The molecule has 3 nitrogen and oxygen atoms in total. The highest BCUT2D eigenvalue weighted by molar-refractivity contribution is 9.10. The summed E-state index contributed by atoms with van der Waals surface area (Å²) in [5, 5.41) is 8.88. The molecule has 90 valence electrons. The number of hydrogen-bond donors (Lipinski definition) is 1. The molecular formula is C14H9BrO3. The summed E-state index contributed by atoms with van der Waals surface area (Å²) < 4.78 is 0.887. The number of benzene rings is 2. The molecule has 0 spiro atoms. The average molecular weight is 305 g/mol. The first kappa shape index (κ1) is 12.5. The zero-order chi connectivity index (χ0) is 13.1. The van der Waals surface area contributed by atoms with Crippen molar-refractivity contribution >= 4 is 27.7 Å². The van der Waals surface area contributed by atoms with Crippen LogP contribution >= 0.6 is 15.9 Å². The summed E-state index contributed by atoms with van der Waals surface area (Å²) in [6, 6.07) is 12.9. The van der Waals surface area contributed by atoms with E-state index in [0.29, 0.717) is 11.1 Å². The van der Waals surface area contributed by atoms with Crippen LogP contribution in [-0.2, 0) is 0 Å². The smallest absolute Gasteiger partial charge is 0.335 e. The molecule has 0 saturated heterocycles. The second-order valence-corrected chi connectivity index (χ2v) is 4.64. The molecule has 0 atom stereocenters. The zero-order valence-electron chi connectivity index (χ0n) is 9.26. The molecule has 2 aromatic rings. The fourth-order valence-corrected chi connectivity index (χ4v) is 1.83. The minimum Gasteiger partial charge on any atom is -0.478 e. The van der Waals surface area contributed by atoms with E-state index in [1.807, 2.05) is 0 Å². The van der Waals surface area contributed by atoms with Gasteiger partial charge in [-0.15, -0.1) is 0 Å². The number of carbonyl (C=O) groups is 2. The van der Waals surface area contributed by atoms with E-state index in [9.17, 15) is 9.59 Å². The van der Waals surface area contributed by atoms with E-state index in [4.69, 9.17) is 5.11 Å². The normalized spacial score (nSPS) is 10.1. The van der Waals surface area contributed by atoms with Crippen LogP contribution in [0.15, 0.2) is 53.0 Å². The molecule has 0 heterocycles. The van der Waals surface area contributed by atoms with E-state index in [0.717, 1.165) is 4.47 Å². The molecule has 0 aliphatic rings. The summed E-state index contributed by atoms with van der Waals surface area (Å²) in [5.41, 5.74) is 1.01. The highest BCUT2D eigenvalue weighted by atomic mass is 79.9. The quantitative estimate of drug-likeness (QED) is 0.884. The Bertz CT molecular complexity index is 603. The molecular weight excluding hydrogens is 296 g/mol. The third kappa shape index (κ3) is 2.65. The number of carboxylic acid groups (broad SMARTS) is 1. The van der Waals surface area contributed by atoms with Gasteiger partial charge in [0.25, 0.3) is 0 Å². The van der Waals surface area contributed by atoms with Gasteiger partial charge in [0.1, 0.15) is 0 Å². The Hall–Kier alpha value is -1.94. The van der Waals surface area contributed by atoms with Crippen LogP contribution in [0, 0.1) is 0 Å². The minimum absolute atomic E-state index is 0.109. The number of carbonyl (C=O) groups excluding carboxylic acids is 1. The molecule has 0 unspecified atom stereocenters. The fourth-order valence-electron chi connectivity index (χ4n) is 1.56. The molecule has 0 aliphatic heterocycles. The van der Waals surface area contributed by atoms with Gasteiger partial charge >= 0.3 is 5.97 Å². The van der Waals surface area contributed by atoms with Crippen molar-refractivity contribution in [1.29, 1.82) is 0 Å². The Labute approximate surface area is 112 Å². The predicted molar refractivity (Wildman–Crippen MR) is 71.0 cm³/mol. The lowest BCUT2D eigenvalue weighted by Gasteiger charge is -2.02. The molecule has 1 N–H and O–H groups in total. The maximum absolute atomic E-state index is 12.1. The largest absolute Gasteiger partial charge is 0.478 e. The zero-order valence-corrected chi connectivity index (χ0v) is 10.8. The highest BCUT2D eigenvalue weighted by Crippen LogP contribution is 2.15. The lowest BCUT2D eigenvalue weighted by molar-refractivity contribution is 0.0697. The van der Waals surface area contributed by atoms with Crippen LogP contribution in [0.25, 0.3) is 0 Å². The number of aromatic carboxylic acids is 1. The van der Waals surface area contributed by atoms with Crippen molar-refractivity contribution in [3.63, 3.8) is 0 Å². The van der Waals surface area contributed by atoms with Gasteiger partial charge in [-0.2, -0.15) is 0 Å².